The third-order valence-electron chi connectivity index (χ3n) is 8.70. The molecule has 6 nitrogen and oxygen atoms in total. The molecule has 0 aliphatic carbocycles. The molecule has 0 amide bonds. The van der Waals surface area contributed by atoms with Crippen molar-refractivity contribution >= 4 is 17.3 Å². The lowest BCUT2D eigenvalue weighted by atomic mass is 9.78. The average Bonchev–Trinajstić information content (AvgIpc) is 2.99. The van der Waals surface area contributed by atoms with Gasteiger partial charge in [0.15, 0.2) is 35.2 Å². The smallest absolute Gasteiger partial charge is 0.189 e. The second kappa shape index (κ2) is 27.4. The van der Waals surface area contributed by atoms with Crippen molar-refractivity contribution in [2.75, 3.05) is 0 Å². The van der Waals surface area contributed by atoms with Crippen molar-refractivity contribution in [1.82, 2.24) is 0 Å². The van der Waals surface area contributed by atoms with Crippen LogP contribution in [0.5, 0.6) is 0 Å². The molecule has 3 N–H and O–H groups in total. The van der Waals surface area contributed by atoms with E-state index >= 15 is 0 Å². The van der Waals surface area contributed by atoms with Crippen molar-refractivity contribution in [1.29, 1.82) is 0 Å². The normalized spacial score (nSPS) is 14.4. The first kappa shape index (κ1) is 40.9. The van der Waals surface area contributed by atoms with Crippen molar-refractivity contribution in [2.45, 2.75) is 212 Å². The van der Waals surface area contributed by atoms with E-state index in [4.69, 9.17) is 0 Å². The number of hydrogen-bond acceptors (Lipinski definition) is 6. The Balaban J connectivity index is 5.00. The van der Waals surface area contributed by atoms with Gasteiger partial charge in [-0.3, -0.25) is 14.4 Å². The minimum absolute atomic E-state index is 0.0163. The van der Waals surface area contributed by atoms with Gasteiger partial charge in [-0.2, -0.15) is 0 Å². The van der Waals surface area contributed by atoms with Gasteiger partial charge in [-0.25, -0.2) is 0 Å². The van der Waals surface area contributed by atoms with E-state index in [-0.39, 0.29) is 19.3 Å². The second-order valence-electron chi connectivity index (χ2n) is 12.7. The summed E-state index contributed by atoms with van der Waals surface area (Å²) < 4.78 is 0. The van der Waals surface area contributed by atoms with Crippen LogP contribution in [0.15, 0.2) is 0 Å². The van der Waals surface area contributed by atoms with Crippen LogP contribution in [-0.4, -0.2) is 50.5 Å². The maximum absolute atomic E-state index is 13.3. The highest BCUT2D eigenvalue weighted by atomic mass is 16.4. The topological polar surface area (TPSA) is 112 Å². The van der Waals surface area contributed by atoms with Gasteiger partial charge in [-0.1, -0.05) is 156 Å². The van der Waals surface area contributed by atoms with E-state index in [0.717, 1.165) is 64.2 Å². The molecular formula is C36H68O6. The van der Waals surface area contributed by atoms with Gasteiger partial charge in [-0.15, -0.1) is 0 Å². The zero-order valence-electron chi connectivity index (χ0n) is 27.8. The fourth-order valence-corrected chi connectivity index (χ4v) is 5.70. The Morgan fingerprint density at radius 3 is 0.952 bits per heavy atom. The summed E-state index contributed by atoms with van der Waals surface area (Å²) in [6.07, 6.45) is 20.4. The Bertz CT molecular complexity index is 638. The number of hydrogen-bond donors (Lipinski definition) is 3. The van der Waals surface area contributed by atoms with Gasteiger partial charge >= 0.3 is 0 Å². The molecule has 42 heavy (non-hydrogen) atoms. The summed E-state index contributed by atoms with van der Waals surface area (Å²) in [4.78, 5) is 39.1. The van der Waals surface area contributed by atoms with E-state index in [9.17, 15) is 29.7 Å². The summed E-state index contributed by atoms with van der Waals surface area (Å²) in [6, 6.07) is 0. The molecule has 248 valence electrons. The molecule has 0 aromatic rings. The monoisotopic (exact) mass is 597 g/mol. The molecule has 0 fully saturated rings. The number of ketones is 3. The quantitative estimate of drug-likeness (QED) is 0.0669. The molecule has 0 aromatic carbocycles. The first-order chi connectivity index (χ1) is 20.3. The Morgan fingerprint density at radius 1 is 0.429 bits per heavy atom. The van der Waals surface area contributed by atoms with Crippen molar-refractivity contribution in [2.24, 2.45) is 0 Å². The van der Waals surface area contributed by atoms with Crippen LogP contribution in [0.2, 0.25) is 0 Å². The Morgan fingerprint density at radius 2 is 0.667 bits per heavy atom. The van der Waals surface area contributed by atoms with E-state index in [1.54, 1.807) is 0 Å². The molecule has 0 saturated heterocycles. The zero-order valence-corrected chi connectivity index (χ0v) is 27.8. The number of aliphatic hydroxyl groups is 3. The number of carbonyl (C=O) groups is 3. The van der Waals surface area contributed by atoms with Crippen molar-refractivity contribution in [3.05, 3.63) is 0 Å². The lowest BCUT2D eigenvalue weighted by Gasteiger charge is -2.34. The van der Waals surface area contributed by atoms with Crippen LogP contribution >= 0.6 is 0 Å². The van der Waals surface area contributed by atoms with Crippen LogP contribution in [0.25, 0.3) is 0 Å². The zero-order chi connectivity index (χ0) is 31.5. The molecule has 0 aliphatic rings. The molecule has 0 radical (unpaired) electrons. The third kappa shape index (κ3) is 18.5. The van der Waals surface area contributed by atoms with E-state index in [0.29, 0.717) is 19.3 Å². The summed E-state index contributed by atoms with van der Waals surface area (Å²) in [6.45, 7) is 6.54. The molecule has 0 saturated carbocycles. The van der Waals surface area contributed by atoms with Gasteiger partial charge in [0.2, 0.25) is 0 Å². The summed E-state index contributed by atoms with van der Waals surface area (Å²) in [7, 11) is 0. The van der Waals surface area contributed by atoms with Crippen LogP contribution in [0, 0.1) is 0 Å². The number of unbranched alkanes of at least 4 members (excludes halogenated alkanes) is 21. The minimum Gasteiger partial charge on any atom is -0.382 e. The van der Waals surface area contributed by atoms with Crippen LogP contribution in [0.3, 0.4) is 0 Å². The maximum Gasteiger partial charge on any atom is 0.189 e. The fourth-order valence-electron chi connectivity index (χ4n) is 5.70. The predicted molar refractivity (Wildman–Crippen MR) is 174 cm³/mol. The van der Waals surface area contributed by atoms with Crippen molar-refractivity contribution in [3.8, 4) is 0 Å². The number of aliphatic hydroxyl groups excluding tert-OH is 2. The van der Waals surface area contributed by atoms with Gasteiger partial charge in [-0.05, 0) is 19.3 Å². The standard InChI is InChI=1S/C36H68O6/c1-4-7-10-13-16-19-22-25-28-31(37)34(40)36(42,33(39)30-27-24-21-18-15-12-9-6-3)35(41)32(38)29-26-23-20-17-14-11-8-5-2/h34-35,40-42H,4-30H2,1-3H3. The first-order valence-electron chi connectivity index (χ1n) is 17.9. The van der Waals surface area contributed by atoms with Crippen molar-refractivity contribution in [3.63, 3.8) is 0 Å². The molecule has 0 bridgehead atoms. The second-order valence-corrected chi connectivity index (χ2v) is 12.7. The van der Waals surface area contributed by atoms with E-state index in [1.807, 2.05) is 0 Å². The largest absolute Gasteiger partial charge is 0.382 e. The number of Topliss-reactive ketones (excluding diaryl/α,β-unsaturated/α-hetero) is 3. The highest BCUT2D eigenvalue weighted by molar-refractivity contribution is 6.01. The van der Waals surface area contributed by atoms with Gasteiger partial charge in [0.1, 0.15) is 0 Å². The third-order valence-corrected chi connectivity index (χ3v) is 8.70. The molecular weight excluding hydrogens is 528 g/mol. The Labute approximate surface area is 258 Å². The number of rotatable bonds is 32. The molecule has 2 unspecified atom stereocenters. The van der Waals surface area contributed by atoms with E-state index in [1.165, 1.54) is 70.6 Å². The van der Waals surface area contributed by atoms with Gasteiger partial charge in [0, 0.05) is 19.3 Å². The molecule has 0 spiro atoms. The maximum atomic E-state index is 13.3. The summed E-state index contributed by atoms with van der Waals surface area (Å²) in [5.74, 6) is -2.15. The van der Waals surface area contributed by atoms with Gasteiger partial charge < -0.3 is 15.3 Å². The average molecular weight is 597 g/mol. The first-order valence-corrected chi connectivity index (χ1v) is 17.9. The molecule has 6 heteroatoms. The van der Waals surface area contributed by atoms with Gasteiger partial charge in [0.05, 0.1) is 0 Å². The highest BCUT2D eigenvalue weighted by Gasteiger charge is 2.53. The Hall–Kier alpha value is -1.11. The van der Waals surface area contributed by atoms with Crippen LogP contribution in [0.4, 0.5) is 0 Å². The molecule has 0 heterocycles. The summed E-state index contributed by atoms with van der Waals surface area (Å²) in [5.41, 5.74) is -2.78. The highest BCUT2D eigenvalue weighted by Crippen LogP contribution is 2.26. The van der Waals surface area contributed by atoms with Crippen LogP contribution in [-0.2, 0) is 14.4 Å². The molecule has 0 aliphatic heterocycles. The Kier molecular flexibility index (Phi) is 26.7. The van der Waals surface area contributed by atoms with Crippen LogP contribution in [0.1, 0.15) is 194 Å². The van der Waals surface area contributed by atoms with E-state index < -0.39 is 35.2 Å². The lowest BCUT2D eigenvalue weighted by Crippen LogP contribution is -2.63. The lowest BCUT2D eigenvalue weighted by molar-refractivity contribution is -0.181. The summed E-state index contributed by atoms with van der Waals surface area (Å²) in [5, 5.41) is 33.3. The van der Waals surface area contributed by atoms with Gasteiger partial charge in [0.25, 0.3) is 0 Å². The predicted octanol–water partition coefficient (Wildman–Crippen LogP) is 8.74. The van der Waals surface area contributed by atoms with E-state index in [2.05, 4.69) is 20.8 Å². The SMILES string of the molecule is CCCCCCCCCCC(=O)C(O)C(O)(C(=O)CCCCCCCCCC)C(O)C(=O)CCCCCCCCCC. The number of carbonyl (C=O) groups excluding carboxylic acids is 3. The molecule has 0 rings (SSSR count). The summed E-state index contributed by atoms with van der Waals surface area (Å²) >= 11 is 0. The molecule has 2 atom stereocenters. The van der Waals surface area contributed by atoms with Crippen molar-refractivity contribution < 1.29 is 29.7 Å². The molecule has 0 aromatic heterocycles. The minimum atomic E-state index is -2.78. The fraction of sp³-hybridized carbons (Fsp3) is 0.917. The van der Waals surface area contributed by atoms with Crippen LogP contribution < -0.4 is 0 Å².